The maximum absolute atomic E-state index is 5.46. The molecule has 56 heavy (non-hydrogen) atoms. The number of nitrogens with zero attached hydrogens (tertiary/aromatic N) is 3. The zero-order valence-electron chi connectivity index (χ0n) is 30.7. The van der Waals surface area contributed by atoms with Gasteiger partial charge in [-0.15, -0.1) is 0 Å². The van der Waals surface area contributed by atoms with Gasteiger partial charge in [-0.05, 0) is 75.7 Å². The van der Waals surface area contributed by atoms with Crippen LogP contribution in [0, 0.1) is 0 Å². The number of hydrogen-bond acceptors (Lipinski definition) is 2. The van der Waals surface area contributed by atoms with Gasteiger partial charge in [0, 0.05) is 39.1 Å². The van der Waals surface area contributed by atoms with Crippen LogP contribution >= 0.6 is 0 Å². The van der Waals surface area contributed by atoms with Gasteiger partial charge in [-0.3, -0.25) is 0 Å². The van der Waals surface area contributed by atoms with E-state index in [1.807, 2.05) is 0 Å². The van der Waals surface area contributed by atoms with Crippen LogP contribution in [0.2, 0.25) is 0 Å². The molecular weight excluding hydrogens is 679 g/mol. The number of pyridine rings is 1. The summed E-state index contributed by atoms with van der Waals surface area (Å²) >= 11 is 0. The van der Waals surface area contributed by atoms with Crippen molar-refractivity contribution in [1.29, 1.82) is 0 Å². The van der Waals surface area contributed by atoms with Crippen LogP contribution in [0.1, 0.15) is 0 Å². The molecule has 10 aromatic rings. The van der Waals surface area contributed by atoms with Gasteiger partial charge in [0.2, 0.25) is 0 Å². The number of rotatable bonds is 8. The molecule has 264 valence electrons. The van der Waals surface area contributed by atoms with E-state index in [2.05, 4.69) is 234 Å². The molecule has 2 aromatic heterocycles. The van der Waals surface area contributed by atoms with Crippen molar-refractivity contribution in [1.82, 2.24) is 9.61 Å². The number of hydrogen-bond donors (Lipinski definition) is 0. The molecule has 8 aromatic carbocycles. The molecule has 0 aliphatic carbocycles. The Labute approximate surface area is 327 Å². The highest BCUT2D eigenvalue weighted by Gasteiger charge is 2.22. The molecule has 0 aliphatic rings. The van der Waals surface area contributed by atoms with Crippen LogP contribution < -0.4 is 4.90 Å². The lowest BCUT2D eigenvalue weighted by Crippen LogP contribution is -2.10. The number of fused-ring (bicyclic) bond motifs is 3. The predicted molar refractivity (Wildman–Crippen MR) is 235 cm³/mol. The average molecular weight is 716 g/mol. The van der Waals surface area contributed by atoms with Crippen molar-refractivity contribution in [2.24, 2.45) is 0 Å². The van der Waals surface area contributed by atoms with E-state index in [0.717, 1.165) is 56.2 Å². The highest BCUT2D eigenvalue weighted by Crippen LogP contribution is 2.43. The SMILES string of the molecule is c1ccc(-c2ccc(N(c3ccc(-c4nn5c(-c6ccccc6)cc6ccccc6c5c4-c4ccccc4)cc3)c3cccc(-c4ccccc4)c3)cc2)cc1. The third-order valence-corrected chi connectivity index (χ3v) is 10.6. The van der Waals surface area contributed by atoms with Crippen LogP contribution in [0.25, 0.3) is 72.2 Å². The summed E-state index contributed by atoms with van der Waals surface area (Å²) in [5.41, 5.74) is 15.5. The summed E-state index contributed by atoms with van der Waals surface area (Å²) in [5.74, 6) is 0. The summed E-state index contributed by atoms with van der Waals surface area (Å²) in [6, 6.07) is 79.8. The van der Waals surface area contributed by atoms with E-state index < -0.39 is 0 Å². The van der Waals surface area contributed by atoms with Crippen LogP contribution in [-0.4, -0.2) is 9.61 Å². The van der Waals surface area contributed by atoms with E-state index in [-0.39, 0.29) is 0 Å². The Balaban J connectivity index is 1.14. The van der Waals surface area contributed by atoms with Crippen molar-refractivity contribution in [3.63, 3.8) is 0 Å². The minimum atomic E-state index is 0.945. The van der Waals surface area contributed by atoms with E-state index in [1.165, 1.54) is 33.0 Å². The van der Waals surface area contributed by atoms with Gasteiger partial charge in [0.05, 0.1) is 11.2 Å². The molecular formula is C53H37N3. The first kappa shape index (κ1) is 33.1. The van der Waals surface area contributed by atoms with Gasteiger partial charge in [-0.1, -0.05) is 182 Å². The van der Waals surface area contributed by atoms with Gasteiger partial charge >= 0.3 is 0 Å². The number of anilines is 3. The Morgan fingerprint density at radius 1 is 0.339 bits per heavy atom. The summed E-state index contributed by atoms with van der Waals surface area (Å²) in [7, 11) is 0. The highest BCUT2D eigenvalue weighted by molar-refractivity contribution is 6.08. The Hall–Kier alpha value is -7.49. The summed E-state index contributed by atoms with van der Waals surface area (Å²) in [6.45, 7) is 0. The highest BCUT2D eigenvalue weighted by atomic mass is 15.2. The quantitative estimate of drug-likeness (QED) is 0.156. The molecule has 0 amide bonds. The maximum Gasteiger partial charge on any atom is 0.101 e. The van der Waals surface area contributed by atoms with Crippen LogP contribution in [-0.2, 0) is 0 Å². The van der Waals surface area contributed by atoms with Crippen LogP contribution in [0.3, 0.4) is 0 Å². The number of aromatic nitrogens is 2. The second-order valence-corrected chi connectivity index (χ2v) is 14.0. The molecule has 0 N–H and O–H groups in total. The average Bonchev–Trinajstić information content (AvgIpc) is 3.69. The van der Waals surface area contributed by atoms with Gasteiger partial charge < -0.3 is 4.90 Å². The molecule has 0 bridgehead atoms. The van der Waals surface area contributed by atoms with Gasteiger partial charge in [-0.25, -0.2) is 4.52 Å². The molecule has 0 spiro atoms. The van der Waals surface area contributed by atoms with Crippen molar-refractivity contribution >= 4 is 33.4 Å². The van der Waals surface area contributed by atoms with Crippen molar-refractivity contribution in [2.75, 3.05) is 4.90 Å². The number of benzene rings is 8. The molecule has 10 rings (SSSR count). The Kier molecular flexibility index (Phi) is 8.51. The second-order valence-electron chi connectivity index (χ2n) is 14.0. The lowest BCUT2D eigenvalue weighted by atomic mass is 9.96. The Bertz CT molecular complexity index is 2920. The fraction of sp³-hybridized carbons (Fsp3) is 0. The molecule has 0 aliphatic heterocycles. The van der Waals surface area contributed by atoms with Crippen LogP contribution in [0.15, 0.2) is 224 Å². The minimum absolute atomic E-state index is 0.945. The molecule has 0 unspecified atom stereocenters. The third kappa shape index (κ3) is 6.12. The molecule has 3 nitrogen and oxygen atoms in total. The van der Waals surface area contributed by atoms with Crippen molar-refractivity contribution < 1.29 is 0 Å². The van der Waals surface area contributed by atoms with E-state index in [4.69, 9.17) is 5.10 Å². The maximum atomic E-state index is 5.46. The minimum Gasteiger partial charge on any atom is -0.310 e. The zero-order valence-corrected chi connectivity index (χ0v) is 30.7. The standard InChI is InChI=1S/C53H37N3/c1-5-16-38(17-6-1)40-28-32-46(33-29-40)55(48-26-15-25-44(36-48)39-18-7-2-8-19-39)47-34-30-43(31-35-47)52-51(42-22-11-4-12-23-42)53-49-27-14-13-24-45(49)37-50(56(53)54-52)41-20-9-3-10-21-41/h1-37H. The molecule has 0 radical (unpaired) electrons. The fourth-order valence-corrected chi connectivity index (χ4v) is 7.89. The second kappa shape index (κ2) is 14.4. The van der Waals surface area contributed by atoms with E-state index in [1.54, 1.807) is 0 Å². The first-order valence-electron chi connectivity index (χ1n) is 19.1. The smallest absolute Gasteiger partial charge is 0.101 e. The van der Waals surface area contributed by atoms with Gasteiger partial charge in [0.15, 0.2) is 0 Å². The van der Waals surface area contributed by atoms with Crippen molar-refractivity contribution in [3.05, 3.63) is 224 Å². The first-order chi connectivity index (χ1) is 27.8. The van der Waals surface area contributed by atoms with Crippen molar-refractivity contribution in [2.45, 2.75) is 0 Å². The topological polar surface area (TPSA) is 20.5 Å². The Morgan fingerprint density at radius 2 is 0.821 bits per heavy atom. The van der Waals surface area contributed by atoms with Crippen molar-refractivity contribution in [3.8, 4) is 55.9 Å². The predicted octanol–water partition coefficient (Wildman–Crippen LogP) is 14.3. The molecule has 0 saturated heterocycles. The Morgan fingerprint density at radius 3 is 1.45 bits per heavy atom. The zero-order chi connectivity index (χ0) is 37.3. The van der Waals surface area contributed by atoms with Gasteiger partial charge in [-0.2, -0.15) is 5.10 Å². The molecule has 2 heterocycles. The first-order valence-corrected chi connectivity index (χ1v) is 19.1. The molecule has 3 heteroatoms. The molecule has 0 saturated carbocycles. The summed E-state index contributed by atoms with van der Waals surface area (Å²) < 4.78 is 2.15. The normalized spacial score (nSPS) is 11.2. The van der Waals surface area contributed by atoms with E-state index in [0.29, 0.717) is 0 Å². The molecule has 0 fully saturated rings. The van der Waals surface area contributed by atoms with Crippen LogP contribution in [0.4, 0.5) is 17.1 Å². The largest absolute Gasteiger partial charge is 0.310 e. The lowest BCUT2D eigenvalue weighted by molar-refractivity contribution is 0.979. The van der Waals surface area contributed by atoms with Gasteiger partial charge in [0.25, 0.3) is 0 Å². The van der Waals surface area contributed by atoms with Gasteiger partial charge in [0.1, 0.15) is 5.69 Å². The third-order valence-electron chi connectivity index (χ3n) is 10.6. The van der Waals surface area contributed by atoms with E-state index in [9.17, 15) is 0 Å². The summed E-state index contributed by atoms with van der Waals surface area (Å²) in [5, 5.41) is 7.82. The molecule has 0 atom stereocenters. The van der Waals surface area contributed by atoms with Crippen LogP contribution in [0.5, 0.6) is 0 Å². The fourth-order valence-electron chi connectivity index (χ4n) is 7.89. The monoisotopic (exact) mass is 715 g/mol. The summed E-state index contributed by atoms with van der Waals surface area (Å²) in [4.78, 5) is 2.34. The van der Waals surface area contributed by atoms with E-state index >= 15 is 0 Å². The lowest BCUT2D eigenvalue weighted by Gasteiger charge is -2.26. The summed E-state index contributed by atoms with van der Waals surface area (Å²) in [6.07, 6.45) is 0.